The van der Waals surface area contributed by atoms with E-state index in [0.29, 0.717) is 12.9 Å². The molecule has 1 saturated heterocycles. The Morgan fingerprint density at radius 3 is 2.75 bits per heavy atom. The van der Waals surface area contributed by atoms with Crippen LogP contribution in [0.2, 0.25) is 6.32 Å². The minimum atomic E-state index is -0.443. The average Bonchev–Trinajstić information content (AvgIpc) is 2.20. The van der Waals surface area contributed by atoms with Gasteiger partial charge >= 0.3 is 7.12 Å². The van der Waals surface area contributed by atoms with Gasteiger partial charge in [0.2, 0.25) is 5.91 Å². The number of hydrogen-bond acceptors (Lipinski definition) is 3. The lowest BCUT2D eigenvalue weighted by molar-refractivity contribution is -0.148. The van der Waals surface area contributed by atoms with Crippen molar-refractivity contribution < 1.29 is 14.1 Å². The molecule has 0 saturated carbocycles. The maximum Gasteiger partial charge on any atom is 0.461 e. The number of rotatable bonds is 3. The van der Waals surface area contributed by atoms with Crippen LogP contribution in [-0.2, 0) is 14.1 Å². The Morgan fingerprint density at radius 1 is 1.62 bits per heavy atom. The van der Waals surface area contributed by atoms with Gasteiger partial charge in [-0.25, -0.2) is 0 Å². The second kappa shape index (κ2) is 5.02. The van der Waals surface area contributed by atoms with Crippen LogP contribution in [0.4, 0.5) is 0 Å². The number of hydrogen-bond donors (Lipinski definition) is 0. The van der Waals surface area contributed by atoms with Gasteiger partial charge in [0.15, 0.2) is 0 Å². The van der Waals surface area contributed by atoms with Crippen LogP contribution in [0.5, 0.6) is 0 Å². The summed E-state index contributed by atoms with van der Waals surface area (Å²) in [7, 11) is 3.12. The highest BCUT2D eigenvalue weighted by atomic mass is 16.6. The van der Waals surface area contributed by atoms with E-state index in [1.54, 1.807) is 25.1 Å². The molecule has 0 N–H and O–H groups in total. The molecular weight excluding hydrogens is 205 g/mol. The highest BCUT2D eigenvalue weighted by Gasteiger charge is 2.44. The molecule has 0 spiro atoms. The molecule has 16 heavy (non-hydrogen) atoms. The summed E-state index contributed by atoms with van der Waals surface area (Å²) in [6.45, 7) is 8.12. The average molecular weight is 225 g/mol. The minimum Gasteiger partial charge on any atom is -0.410 e. The van der Waals surface area contributed by atoms with Crippen molar-refractivity contribution in [3.63, 3.8) is 0 Å². The number of nitrogens with zero attached hydrogens (tertiary/aromatic N) is 1. The SMILES string of the molecule is C=CCB1OCC(C)(C)[C@H](C(=O)N(C)C)O1. The Balaban J connectivity index is 2.76. The third-order valence-corrected chi connectivity index (χ3v) is 2.66. The van der Waals surface area contributed by atoms with Crippen LogP contribution >= 0.6 is 0 Å². The van der Waals surface area contributed by atoms with Gasteiger partial charge in [0.05, 0.1) is 0 Å². The Kier molecular flexibility index (Phi) is 4.16. The molecule has 0 aliphatic carbocycles. The fraction of sp³-hybridized carbons (Fsp3) is 0.727. The molecule has 0 radical (unpaired) electrons. The first-order chi connectivity index (χ1) is 7.38. The molecule has 1 atom stereocenters. The fourth-order valence-corrected chi connectivity index (χ4v) is 1.65. The molecule has 1 aliphatic heterocycles. The molecule has 5 heteroatoms. The molecular formula is C11H20BNO3. The minimum absolute atomic E-state index is 0.0117. The van der Waals surface area contributed by atoms with E-state index in [9.17, 15) is 4.79 Å². The predicted molar refractivity (Wildman–Crippen MR) is 64.1 cm³/mol. The number of likely N-dealkylation sites (N-methyl/N-ethyl adjacent to an activating group) is 1. The van der Waals surface area contributed by atoms with Gasteiger partial charge in [0.1, 0.15) is 6.10 Å². The fourth-order valence-electron chi connectivity index (χ4n) is 1.65. The molecule has 1 rings (SSSR count). The van der Waals surface area contributed by atoms with Gasteiger partial charge in [0, 0.05) is 32.4 Å². The second-order valence-corrected chi connectivity index (χ2v) is 5.00. The van der Waals surface area contributed by atoms with Crippen molar-refractivity contribution in [3.8, 4) is 0 Å². The molecule has 1 aliphatic rings. The predicted octanol–water partition coefficient (Wildman–Crippen LogP) is 1.19. The topological polar surface area (TPSA) is 38.8 Å². The molecule has 0 unspecified atom stereocenters. The quantitative estimate of drug-likeness (QED) is 0.535. The number of carbonyl (C=O) groups excluding carboxylic acids is 1. The van der Waals surface area contributed by atoms with Crippen LogP contribution in [0.15, 0.2) is 12.7 Å². The zero-order chi connectivity index (χ0) is 12.3. The Labute approximate surface area is 97.7 Å². The van der Waals surface area contributed by atoms with Crippen molar-refractivity contribution in [1.29, 1.82) is 0 Å². The van der Waals surface area contributed by atoms with E-state index in [0.717, 1.165) is 0 Å². The van der Waals surface area contributed by atoms with Crippen molar-refractivity contribution in [2.75, 3.05) is 20.7 Å². The third kappa shape index (κ3) is 2.86. The Morgan fingerprint density at radius 2 is 2.25 bits per heavy atom. The van der Waals surface area contributed by atoms with E-state index in [-0.39, 0.29) is 18.4 Å². The van der Waals surface area contributed by atoms with Crippen molar-refractivity contribution >= 4 is 13.0 Å². The van der Waals surface area contributed by atoms with Gasteiger partial charge in [-0.05, 0) is 0 Å². The normalized spacial score (nSPS) is 24.0. The summed E-state index contributed by atoms with van der Waals surface area (Å²) in [6.07, 6.45) is 1.90. The van der Waals surface area contributed by atoms with Crippen LogP contribution in [0.3, 0.4) is 0 Å². The zero-order valence-corrected chi connectivity index (χ0v) is 10.5. The third-order valence-electron chi connectivity index (χ3n) is 2.66. The molecule has 0 aromatic rings. The Hall–Kier alpha value is -0.805. The lowest BCUT2D eigenvalue weighted by Crippen LogP contribution is -2.54. The van der Waals surface area contributed by atoms with E-state index >= 15 is 0 Å². The summed E-state index contributed by atoms with van der Waals surface area (Å²) in [6, 6.07) is 0. The second-order valence-electron chi connectivity index (χ2n) is 5.00. The molecule has 1 amide bonds. The Bertz CT molecular complexity index is 278. The van der Waals surface area contributed by atoms with Gasteiger partial charge in [0.25, 0.3) is 0 Å². The molecule has 90 valence electrons. The van der Waals surface area contributed by atoms with Crippen LogP contribution < -0.4 is 0 Å². The lowest BCUT2D eigenvalue weighted by Gasteiger charge is -2.40. The van der Waals surface area contributed by atoms with E-state index < -0.39 is 6.10 Å². The van der Waals surface area contributed by atoms with E-state index in [1.165, 1.54) is 0 Å². The van der Waals surface area contributed by atoms with Crippen molar-refractivity contribution in [2.24, 2.45) is 5.41 Å². The van der Waals surface area contributed by atoms with E-state index in [1.807, 2.05) is 13.8 Å². The summed E-state index contributed by atoms with van der Waals surface area (Å²) in [5.74, 6) is -0.0117. The molecule has 0 bridgehead atoms. The molecule has 1 heterocycles. The zero-order valence-electron chi connectivity index (χ0n) is 10.5. The van der Waals surface area contributed by atoms with Crippen LogP contribution in [-0.4, -0.2) is 44.7 Å². The van der Waals surface area contributed by atoms with E-state index in [2.05, 4.69) is 6.58 Å². The summed E-state index contributed by atoms with van der Waals surface area (Å²) < 4.78 is 11.2. The maximum atomic E-state index is 12.0. The summed E-state index contributed by atoms with van der Waals surface area (Å²) in [4.78, 5) is 13.5. The monoisotopic (exact) mass is 225 g/mol. The van der Waals surface area contributed by atoms with Crippen molar-refractivity contribution in [3.05, 3.63) is 12.7 Å². The van der Waals surface area contributed by atoms with Gasteiger partial charge in [-0.15, -0.1) is 6.58 Å². The maximum absolute atomic E-state index is 12.0. The van der Waals surface area contributed by atoms with Crippen LogP contribution in [0, 0.1) is 5.41 Å². The molecule has 4 nitrogen and oxygen atoms in total. The van der Waals surface area contributed by atoms with Gasteiger partial charge in [-0.2, -0.15) is 0 Å². The largest absolute Gasteiger partial charge is 0.461 e. The molecule has 1 fully saturated rings. The van der Waals surface area contributed by atoms with Crippen molar-refractivity contribution in [2.45, 2.75) is 26.3 Å². The molecule has 0 aromatic heterocycles. The summed E-state index contributed by atoms with van der Waals surface area (Å²) >= 11 is 0. The summed E-state index contributed by atoms with van der Waals surface area (Å²) in [5, 5.41) is 0. The van der Waals surface area contributed by atoms with Crippen molar-refractivity contribution in [1.82, 2.24) is 4.90 Å². The number of amides is 1. The first kappa shape index (κ1) is 13.3. The molecule has 0 aromatic carbocycles. The highest BCUT2D eigenvalue weighted by molar-refractivity contribution is 6.45. The van der Waals surface area contributed by atoms with Crippen LogP contribution in [0.25, 0.3) is 0 Å². The highest BCUT2D eigenvalue weighted by Crippen LogP contribution is 2.30. The smallest absolute Gasteiger partial charge is 0.410 e. The number of carbonyl (C=O) groups is 1. The summed E-state index contributed by atoms with van der Waals surface area (Å²) in [5.41, 5.74) is -0.293. The first-order valence-corrected chi connectivity index (χ1v) is 5.47. The standard InChI is InChI=1S/C11H20BNO3/c1-6-7-12-15-8-11(2,3)9(16-12)10(14)13(4)5/h6,9H,1,7-8H2,2-5H3/t9-/m0/s1. The number of allylic oxidation sites excluding steroid dienone is 1. The van der Waals surface area contributed by atoms with Gasteiger partial charge in [-0.3, -0.25) is 4.79 Å². The van der Waals surface area contributed by atoms with Crippen LogP contribution in [0.1, 0.15) is 13.8 Å². The van der Waals surface area contributed by atoms with E-state index in [4.69, 9.17) is 9.31 Å². The van der Waals surface area contributed by atoms with Gasteiger partial charge in [-0.1, -0.05) is 19.9 Å². The van der Waals surface area contributed by atoms with Gasteiger partial charge < -0.3 is 14.2 Å². The lowest BCUT2D eigenvalue weighted by atomic mass is 9.76. The first-order valence-electron chi connectivity index (χ1n) is 5.47.